The summed E-state index contributed by atoms with van der Waals surface area (Å²) < 4.78 is 1.67. The summed E-state index contributed by atoms with van der Waals surface area (Å²) in [7, 11) is 5.30. The lowest BCUT2D eigenvalue weighted by atomic mass is 10.1. The zero-order chi connectivity index (χ0) is 16.3. The number of nitrogens with zero attached hydrogens (tertiary/aromatic N) is 3. The fraction of sp³-hybridized carbons (Fsp3) is 0.333. The third-order valence-corrected chi connectivity index (χ3v) is 4.27. The van der Waals surface area contributed by atoms with E-state index in [1.54, 1.807) is 35.9 Å². The van der Waals surface area contributed by atoms with Crippen molar-refractivity contribution in [2.24, 2.45) is 7.05 Å². The van der Waals surface area contributed by atoms with Gasteiger partial charge in [0.15, 0.2) is 0 Å². The number of carbonyl (C=O) groups excluding carboxylic acids is 1. The van der Waals surface area contributed by atoms with E-state index in [0.29, 0.717) is 16.6 Å². The molecule has 1 aromatic carbocycles. The van der Waals surface area contributed by atoms with E-state index in [1.165, 1.54) is 0 Å². The Morgan fingerprint density at radius 2 is 2.18 bits per heavy atom. The van der Waals surface area contributed by atoms with Gasteiger partial charge in [0.2, 0.25) is 5.91 Å². The van der Waals surface area contributed by atoms with Crippen LogP contribution >= 0.6 is 23.2 Å². The van der Waals surface area contributed by atoms with E-state index in [4.69, 9.17) is 23.2 Å². The molecule has 0 aliphatic rings. The number of nitrogens with one attached hydrogen (secondary N) is 1. The zero-order valence-electron chi connectivity index (χ0n) is 12.7. The van der Waals surface area contributed by atoms with Crippen molar-refractivity contribution in [2.45, 2.75) is 12.6 Å². The summed E-state index contributed by atoms with van der Waals surface area (Å²) in [4.78, 5) is 14.3. The van der Waals surface area contributed by atoms with Crippen molar-refractivity contribution in [3.63, 3.8) is 0 Å². The van der Waals surface area contributed by atoms with Crippen LogP contribution in [0.3, 0.4) is 0 Å². The van der Waals surface area contributed by atoms with Gasteiger partial charge in [0, 0.05) is 32.4 Å². The number of amides is 1. The molecule has 22 heavy (non-hydrogen) atoms. The zero-order valence-corrected chi connectivity index (χ0v) is 14.2. The first-order valence-corrected chi connectivity index (χ1v) is 7.53. The van der Waals surface area contributed by atoms with Crippen molar-refractivity contribution in [2.75, 3.05) is 14.1 Å². The molecule has 2 aromatic rings. The second kappa shape index (κ2) is 7.13. The largest absolute Gasteiger partial charge is 0.340 e. The lowest BCUT2D eigenvalue weighted by Gasteiger charge is -2.23. The summed E-state index contributed by atoms with van der Waals surface area (Å²) in [5.74, 6) is -0.0634. The normalized spacial score (nSPS) is 12.2. The first-order valence-electron chi connectivity index (χ1n) is 6.77. The molecule has 0 saturated carbocycles. The Bertz CT molecular complexity index is 671. The molecule has 1 unspecified atom stereocenters. The highest BCUT2D eigenvalue weighted by Gasteiger charge is 2.24. The number of hydrogen-bond acceptors (Lipinski definition) is 3. The fourth-order valence-electron chi connectivity index (χ4n) is 2.25. The van der Waals surface area contributed by atoms with Gasteiger partial charge in [-0.1, -0.05) is 35.3 Å². The van der Waals surface area contributed by atoms with Crippen LogP contribution in [0, 0.1) is 0 Å². The van der Waals surface area contributed by atoms with Crippen LogP contribution in [-0.2, 0) is 18.4 Å². The van der Waals surface area contributed by atoms with Crippen molar-refractivity contribution >= 4 is 29.1 Å². The Morgan fingerprint density at radius 3 is 2.77 bits per heavy atom. The molecule has 0 bridgehead atoms. The molecule has 0 saturated heterocycles. The lowest BCUT2D eigenvalue weighted by Crippen LogP contribution is -2.37. The summed E-state index contributed by atoms with van der Waals surface area (Å²) in [5, 5.41) is 8.09. The van der Waals surface area contributed by atoms with E-state index in [2.05, 4.69) is 10.4 Å². The van der Waals surface area contributed by atoms with Gasteiger partial charge in [0.25, 0.3) is 0 Å². The number of aromatic nitrogens is 2. The standard InChI is InChI=1S/C15H18Cl2N4O/c1-18-14(11-7-19-21(3)9-11)15(22)20(2)8-10-5-4-6-12(16)13(10)17/h4-7,9,14,18H,8H2,1-3H3. The number of rotatable bonds is 5. The van der Waals surface area contributed by atoms with Crippen LogP contribution in [0.4, 0.5) is 0 Å². The number of hydrogen-bond donors (Lipinski definition) is 1. The maximum Gasteiger partial charge on any atom is 0.244 e. The predicted molar refractivity (Wildman–Crippen MR) is 87.9 cm³/mol. The summed E-state index contributed by atoms with van der Waals surface area (Å²) in [6.07, 6.45) is 3.50. The highest BCUT2D eigenvalue weighted by atomic mass is 35.5. The SMILES string of the molecule is CNC(C(=O)N(C)Cc1cccc(Cl)c1Cl)c1cnn(C)c1. The van der Waals surface area contributed by atoms with E-state index < -0.39 is 6.04 Å². The van der Waals surface area contributed by atoms with Crippen LogP contribution in [0.5, 0.6) is 0 Å². The Morgan fingerprint density at radius 1 is 1.45 bits per heavy atom. The fourth-order valence-corrected chi connectivity index (χ4v) is 2.63. The summed E-state index contributed by atoms with van der Waals surface area (Å²) in [5.41, 5.74) is 1.63. The molecular weight excluding hydrogens is 323 g/mol. The minimum Gasteiger partial charge on any atom is -0.340 e. The first-order chi connectivity index (χ1) is 10.4. The summed E-state index contributed by atoms with van der Waals surface area (Å²) in [6, 6.07) is 4.95. The van der Waals surface area contributed by atoms with E-state index in [0.717, 1.165) is 11.1 Å². The molecule has 1 atom stereocenters. The predicted octanol–water partition coefficient (Wildman–Crippen LogP) is 2.65. The highest BCUT2D eigenvalue weighted by Crippen LogP contribution is 2.27. The smallest absolute Gasteiger partial charge is 0.244 e. The third-order valence-electron chi connectivity index (χ3n) is 3.41. The Labute approximate surface area is 139 Å². The number of halogens is 2. The maximum absolute atomic E-state index is 12.6. The van der Waals surface area contributed by atoms with E-state index in [1.807, 2.05) is 25.4 Å². The molecule has 0 fully saturated rings. The minimum atomic E-state index is -0.448. The molecule has 5 nitrogen and oxygen atoms in total. The molecule has 1 aromatic heterocycles. The number of carbonyl (C=O) groups is 1. The van der Waals surface area contributed by atoms with E-state index >= 15 is 0 Å². The average molecular weight is 341 g/mol. The highest BCUT2D eigenvalue weighted by molar-refractivity contribution is 6.42. The van der Waals surface area contributed by atoms with Crippen LogP contribution in [0.25, 0.3) is 0 Å². The second-order valence-electron chi connectivity index (χ2n) is 5.08. The van der Waals surface area contributed by atoms with Crippen molar-refractivity contribution in [3.05, 3.63) is 51.8 Å². The average Bonchev–Trinajstić information content (AvgIpc) is 2.91. The molecule has 0 aliphatic carbocycles. The number of benzene rings is 1. The third kappa shape index (κ3) is 3.61. The Hall–Kier alpha value is -1.56. The Kier molecular flexibility index (Phi) is 5.45. The molecule has 0 aliphatic heterocycles. The second-order valence-corrected chi connectivity index (χ2v) is 5.86. The van der Waals surface area contributed by atoms with Crippen molar-refractivity contribution in [1.29, 1.82) is 0 Å². The van der Waals surface area contributed by atoms with Crippen LogP contribution < -0.4 is 5.32 Å². The summed E-state index contributed by atoms with van der Waals surface area (Å²) >= 11 is 12.2. The molecule has 2 rings (SSSR count). The van der Waals surface area contributed by atoms with Gasteiger partial charge in [0.05, 0.1) is 16.2 Å². The first kappa shape index (κ1) is 16.8. The van der Waals surface area contributed by atoms with E-state index in [-0.39, 0.29) is 5.91 Å². The molecule has 7 heteroatoms. The summed E-state index contributed by atoms with van der Waals surface area (Å²) in [6.45, 7) is 0.386. The molecule has 1 N–H and O–H groups in total. The number of likely N-dealkylation sites (N-methyl/N-ethyl adjacent to an activating group) is 2. The van der Waals surface area contributed by atoms with Gasteiger partial charge < -0.3 is 10.2 Å². The maximum atomic E-state index is 12.6. The van der Waals surface area contributed by atoms with Gasteiger partial charge in [-0.05, 0) is 18.7 Å². The van der Waals surface area contributed by atoms with Crippen LogP contribution in [0.15, 0.2) is 30.6 Å². The van der Waals surface area contributed by atoms with Gasteiger partial charge in [-0.15, -0.1) is 0 Å². The van der Waals surface area contributed by atoms with Crippen LogP contribution in [0.1, 0.15) is 17.2 Å². The van der Waals surface area contributed by atoms with Crippen LogP contribution in [-0.4, -0.2) is 34.7 Å². The monoisotopic (exact) mass is 340 g/mol. The topological polar surface area (TPSA) is 50.2 Å². The van der Waals surface area contributed by atoms with Gasteiger partial charge >= 0.3 is 0 Å². The Balaban J connectivity index is 2.15. The molecule has 0 spiro atoms. The van der Waals surface area contributed by atoms with Gasteiger partial charge in [-0.25, -0.2) is 0 Å². The van der Waals surface area contributed by atoms with Crippen molar-refractivity contribution in [3.8, 4) is 0 Å². The molecule has 1 amide bonds. The molecular formula is C15H18Cl2N4O. The van der Waals surface area contributed by atoms with Crippen molar-refractivity contribution in [1.82, 2.24) is 20.0 Å². The van der Waals surface area contributed by atoms with Gasteiger partial charge in [0.1, 0.15) is 6.04 Å². The van der Waals surface area contributed by atoms with Crippen molar-refractivity contribution < 1.29 is 4.79 Å². The van der Waals surface area contributed by atoms with Crippen LogP contribution in [0.2, 0.25) is 10.0 Å². The van der Waals surface area contributed by atoms with Gasteiger partial charge in [-0.2, -0.15) is 5.10 Å². The molecule has 0 radical (unpaired) electrons. The minimum absolute atomic E-state index is 0.0634. The quantitative estimate of drug-likeness (QED) is 0.910. The molecule has 118 valence electrons. The molecule has 1 heterocycles. The lowest BCUT2D eigenvalue weighted by molar-refractivity contribution is -0.132. The van der Waals surface area contributed by atoms with Gasteiger partial charge in [-0.3, -0.25) is 9.48 Å². The van der Waals surface area contributed by atoms with E-state index in [9.17, 15) is 4.79 Å². The number of aryl methyl sites for hydroxylation is 1.